The number of aliphatic hydroxyl groups is 2. The van der Waals surface area contributed by atoms with E-state index in [0.29, 0.717) is 13.1 Å². The third-order valence-electron chi connectivity index (χ3n) is 2.61. The lowest BCUT2D eigenvalue weighted by Crippen LogP contribution is -2.24. The van der Waals surface area contributed by atoms with Crippen molar-refractivity contribution >= 4 is 0 Å². The second-order valence-electron chi connectivity index (χ2n) is 3.75. The quantitative estimate of drug-likeness (QED) is 0.580. The molecule has 2 rings (SSSR count). The van der Waals surface area contributed by atoms with E-state index in [9.17, 15) is 10.2 Å². The van der Waals surface area contributed by atoms with Gasteiger partial charge in [0.1, 0.15) is 0 Å². The second-order valence-corrected chi connectivity index (χ2v) is 3.75. The first-order valence-electron chi connectivity index (χ1n) is 4.82. The third kappa shape index (κ3) is 2.12. The predicted octanol–water partition coefficient (Wildman–Crippen LogP) is -1.01. The number of aliphatic hydroxyl groups excluding tert-OH is 2. The Bertz CT molecular complexity index is 266. The van der Waals surface area contributed by atoms with Gasteiger partial charge in [0.25, 0.3) is 0 Å². The Hall–Kier alpha value is -0.910. The number of aromatic amines is 1. The van der Waals surface area contributed by atoms with E-state index in [4.69, 9.17) is 0 Å². The minimum atomic E-state index is -0.584. The highest BCUT2D eigenvalue weighted by Gasteiger charge is 2.28. The van der Waals surface area contributed by atoms with E-state index in [-0.39, 0.29) is 0 Å². The molecule has 0 radical (unpaired) electrons. The number of nitrogens with one attached hydrogen (secondary N) is 1. The van der Waals surface area contributed by atoms with E-state index in [1.54, 1.807) is 6.20 Å². The summed E-state index contributed by atoms with van der Waals surface area (Å²) in [5.41, 5.74) is 1.15. The van der Waals surface area contributed by atoms with Crippen molar-refractivity contribution in [2.24, 2.45) is 0 Å². The maximum Gasteiger partial charge on any atom is 0.0938 e. The first kappa shape index (κ1) is 9.64. The van der Waals surface area contributed by atoms with Crippen molar-refractivity contribution in [3.63, 3.8) is 0 Å². The van der Waals surface area contributed by atoms with Gasteiger partial charge in [-0.1, -0.05) is 0 Å². The van der Waals surface area contributed by atoms with Crippen molar-refractivity contribution < 1.29 is 10.2 Å². The zero-order chi connectivity index (χ0) is 9.97. The minimum absolute atomic E-state index is 0.568. The number of hydrogen-bond acceptors (Lipinski definition) is 4. The van der Waals surface area contributed by atoms with Crippen molar-refractivity contribution in [1.82, 2.24) is 15.1 Å². The van der Waals surface area contributed by atoms with Crippen LogP contribution in [-0.4, -0.2) is 57.2 Å². The van der Waals surface area contributed by atoms with Crippen LogP contribution in [0.25, 0.3) is 0 Å². The molecule has 0 aliphatic carbocycles. The van der Waals surface area contributed by atoms with Crippen LogP contribution in [0.15, 0.2) is 12.4 Å². The smallest absolute Gasteiger partial charge is 0.0938 e. The Morgan fingerprint density at radius 3 is 2.71 bits per heavy atom. The Morgan fingerprint density at radius 2 is 2.14 bits per heavy atom. The van der Waals surface area contributed by atoms with E-state index < -0.39 is 12.2 Å². The molecule has 1 aliphatic rings. The monoisotopic (exact) mass is 197 g/mol. The van der Waals surface area contributed by atoms with Crippen LogP contribution in [0.1, 0.15) is 5.56 Å². The summed E-state index contributed by atoms with van der Waals surface area (Å²) in [5, 5.41) is 25.2. The number of H-pyrrole nitrogens is 1. The van der Waals surface area contributed by atoms with Gasteiger partial charge >= 0.3 is 0 Å². The average molecular weight is 197 g/mol. The highest BCUT2D eigenvalue weighted by molar-refractivity contribution is 5.03. The fourth-order valence-electron chi connectivity index (χ4n) is 1.73. The van der Waals surface area contributed by atoms with Crippen LogP contribution < -0.4 is 0 Å². The first-order valence-corrected chi connectivity index (χ1v) is 4.82. The van der Waals surface area contributed by atoms with Gasteiger partial charge < -0.3 is 10.2 Å². The van der Waals surface area contributed by atoms with Gasteiger partial charge in [-0.05, 0) is 12.0 Å². The van der Waals surface area contributed by atoms with Gasteiger partial charge in [-0.3, -0.25) is 10.00 Å². The standard InChI is InChI=1S/C9H15N3O2/c13-8-5-12(6-9(8)14)2-1-7-3-10-11-4-7/h3-4,8-9,13-14H,1-2,5-6H2,(H,10,11). The van der Waals surface area contributed by atoms with E-state index in [1.807, 2.05) is 6.20 Å². The SMILES string of the molecule is OC1CN(CCc2cn[nH]c2)CC1O. The molecule has 1 aromatic heterocycles. The molecular formula is C9H15N3O2. The van der Waals surface area contributed by atoms with E-state index in [1.165, 1.54) is 0 Å². The van der Waals surface area contributed by atoms with Gasteiger partial charge in [0.2, 0.25) is 0 Å². The van der Waals surface area contributed by atoms with Crippen molar-refractivity contribution in [2.75, 3.05) is 19.6 Å². The normalized spacial score (nSPS) is 28.4. The minimum Gasteiger partial charge on any atom is -0.389 e. The Labute approximate surface area is 82.4 Å². The first-order chi connectivity index (χ1) is 6.75. The lowest BCUT2D eigenvalue weighted by molar-refractivity contribution is 0.0572. The molecule has 2 unspecified atom stereocenters. The molecule has 3 N–H and O–H groups in total. The molecule has 0 amide bonds. The van der Waals surface area contributed by atoms with Crippen molar-refractivity contribution in [3.8, 4) is 0 Å². The molecule has 1 saturated heterocycles. The number of β-amino-alcohol motifs (C(OH)–C–C–N with tert-alkyl or cyclic N) is 2. The third-order valence-corrected chi connectivity index (χ3v) is 2.61. The summed E-state index contributed by atoms with van der Waals surface area (Å²) < 4.78 is 0. The molecule has 0 aromatic carbocycles. The lowest BCUT2D eigenvalue weighted by atomic mass is 10.2. The van der Waals surface area contributed by atoms with Crippen LogP contribution >= 0.6 is 0 Å². The Balaban J connectivity index is 1.77. The average Bonchev–Trinajstić information content (AvgIpc) is 2.74. The Kier molecular flexibility index (Phi) is 2.81. The number of likely N-dealkylation sites (tertiary alicyclic amines) is 1. The fourth-order valence-corrected chi connectivity index (χ4v) is 1.73. The van der Waals surface area contributed by atoms with Gasteiger partial charge in [-0.25, -0.2) is 0 Å². The highest BCUT2D eigenvalue weighted by atomic mass is 16.3. The molecular weight excluding hydrogens is 182 g/mol. The van der Waals surface area contributed by atoms with E-state index >= 15 is 0 Å². The molecule has 0 spiro atoms. The number of nitrogens with zero attached hydrogens (tertiary/aromatic N) is 2. The fraction of sp³-hybridized carbons (Fsp3) is 0.667. The molecule has 0 bridgehead atoms. The maximum absolute atomic E-state index is 9.32. The molecule has 1 aromatic rings. The molecule has 2 atom stereocenters. The molecule has 1 aliphatic heterocycles. The number of rotatable bonds is 3. The van der Waals surface area contributed by atoms with E-state index in [2.05, 4.69) is 15.1 Å². The molecule has 1 fully saturated rings. The van der Waals surface area contributed by atoms with Gasteiger partial charge in [0, 0.05) is 25.8 Å². The van der Waals surface area contributed by atoms with Gasteiger partial charge in [-0.2, -0.15) is 5.10 Å². The molecule has 78 valence electrons. The van der Waals surface area contributed by atoms with Crippen molar-refractivity contribution in [2.45, 2.75) is 18.6 Å². The maximum atomic E-state index is 9.32. The van der Waals surface area contributed by atoms with Gasteiger partial charge in [0.05, 0.1) is 18.4 Å². The topological polar surface area (TPSA) is 72.4 Å². The van der Waals surface area contributed by atoms with Gasteiger partial charge in [-0.15, -0.1) is 0 Å². The highest BCUT2D eigenvalue weighted by Crippen LogP contribution is 2.10. The van der Waals surface area contributed by atoms with Crippen molar-refractivity contribution in [1.29, 1.82) is 0 Å². The molecule has 5 nitrogen and oxygen atoms in total. The van der Waals surface area contributed by atoms with E-state index in [0.717, 1.165) is 18.5 Å². The van der Waals surface area contributed by atoms with Gasteiger partial charge in [0.15, 0.2) is 0 Å². The van der Waals surface area contributed by atoms with Crippen LogP contribution in [0, 0.1) is 0 Å². The Morgan fingerprint density at radius 1 is 1.43 bits per heavy atom. The summed E-state index contributed by atoms with van der Waals surface area (Å²) in [6.45, 7) is 1.99. The zero-order valence-corrected chi connectivity index (χ0v) is 7.93. The number of hydrogen-bond donors (Lipinski definition) is 3. The van der Waals surface area contributed by atoms with Crippen LogP contribution in [0.5, 0.6) is 0 Å². The summed E-state index contributed by atoms with van der Waals surface area (Å²) in [7, 11) is 0. The number of aromatic nitrogens is 2. The molecule has 0 saturated carbocycles. The zero-order valence-electron chi connectivity index (χ0n) is 7.93. The molecule has 14 heavy (non-hydrogen) atoms. The predicted molar refractivity (Wildman–Crippen MR) is 50.7 cm³/mol. The molecule has 2 heterocycles. The van der Waals surface area contributed by atoms with Crippen LogP contribution in [0.4, 0.5) is 0 Å². The van der Waals surface area contributed by atoms with Crippen LogP contribution in [0.3, 0.4) is 0 Å². The van der Waals surface area contributed by atoms with Crippen molar-refractivity contribution in [3.05, 3.63) is 18.0 Å². The summed E-state index contributed by atoms with van der Waals surface area (Å²) >= 11 is 0. The largest absolute Gasteiger partial charge is 0.389 e. The van der Waals surface area contributed by atoms with Crippen LogP contribution in [0.2, 0.25) is 0 Å². The molecule has 5 heteroatoms. The second kappa shape index (κ2) is 4.08. The summed E-state index contributed by atoms with van der Waals surface area (Å²) in [5.74, 6) is 0. The summed E-state index contributed by atoms with van der Waals surface area (Å²) in [4.78, 5) is 2.06. The summed E-state index contributed by atoms with van der Waals surface area (Å²) in [6.07, 6.45) is 3.39. The summed E-state index contributed by atoms with van der Waals surface area (Å²) in [6, 6.07) is 0. The lowest BCUT2D eigenvalue weighted by Gasteiger charge is -2.13. The van der Waals surface area contributed by atoms with Crippen LogP contribution in [-0.2, 0) is 6.42 Å².